The SMILES string of the molecule is Nc1c(Br)ncc(OC(F)(F)F)c1F. The van der Waals surface area contributed by atoms with Crippen LogP contribution in [0.2, 0.25) is 0 Å². The van der Waals surface area contributed by atoms with E-state index in [9.17, 15) is 17.6 Å². The van der Waals surface area contributed by atoms with Gasteiger partial charge in [-0.05, 0) is 15.9 Å². The number of hydrogen-bond donors (Lipinski definition) is 1. The van der Waals surface area contributed by atoms with Gasteiger partial charge in [0.15, 0.2) is 11.6 Å². The third kappa shape index (κ3) is 2.47. The minimum absolute atomic E-state index is 0.0791. The predicted octanol–water partition coefficient (Wildman–Crippen LogP) is 2.46. The largest absolute Gasteiger partial charge is 0.573 e. The molecule has 0 radical (unpaired) electrons. The molecule has 0 spiro atoms. The fourth-order valence-electron chi connectivity index (χ4n) is 0.661. The summed E-state index contributed by atoms with van der Waals surface area (Å²) in [6, 6.07) is 0. The molecule has 1 aromatic heterocycles. The second-order valence-corrected chi connectivity index (χ2v) is 2.94. The van der Waals surface area contributed by atoms with Gasteiger partial charge >= 0.3 is 6.36 Å². The molecule has 0 fully saturated rings. The molecule has 0 unspecified atom stereocenters. The van der Waals surface area contributed by atoms with Crippen LogP contribution in [0.25, 0.3) is 0 Å². The first-order valence-electron chi connectivity index (χ1n) is 3.16. The van der Waals surface area contributed by atoms with Crippen LogP contribution >= 0.6 is 15.9 Å². The molecule has 0 aliphatic heterocycles. The third-order valence-electron chi connectivity index (χ3n) is 1.20. The summed E-state index contributed by atoms with van der Waals surface area (Å²) in [7, 11) is 0. The van der Waals surface area contributed by atoms with E-state index in [0.717, 1.165) is 0 Å². The van der Waals surface area contributed by atoms with E-state index in [2.05, 4.69) is 25.7 Å². The summed E-state index contributed by atoms with van der Waals surface area (Å²) in [5, 5.41) is 0. The van der Waals surface area contributed by atoms with Crippen molar-refractivity contribution in [2.75, 3.05) is 5.73 Å². The molecule has 0 atom stereocenters. The first-order valence-corrected chi connectivity index (χ1v) is 3.96. The van der Waals surface area contributed by atoms with Crippen molar-refractivity contribution in [2.45, 2.75) is 6.36 Å². The number of halogens is 5. The van der Waals surface area contributed by atoms with Crippen molar-refractivity contribution in [2.24, 2.45) is 0 Å². The van der Waals surface area contributed by atoms with Crippen molar-refractivity contribution in [3.8, 4) is 5.75 Å². The van der Waals surface area contributed by atoms with Crippen molar-refractivity contribution in [3.05, 3.63) is 16.6 Å². The summed E-state index contributed by atoms with van der Waals surface area (Å²) in [6.07, 6.45) is -4.38. The maximum absolute atomic E-state index is 13.0. The van der Waals surface area contributed by atoms with Crippen LogP contribution in [0.1, 0.15) is 0 Å². The lowest BCUT2D eigenvalue weighted by molar-refractivity contribution is -0.275. The lowest BCUT2D eigenvalue weighted by Gasteiger charge is -2.10. The highest BCUT2D eigenvalue weighted by molar-refractivity contribution is 9.10. The number of nitrogens with zero attached hydrogens (tertiary/aromatic N) is 1. The quantitative estimate of drug-likeness (QED) is 0.632. The van der Waals surface area contributed by atoms with Gasteiger partial charge in [0, 0.05) is 0 Å². The number of rotatable bonds is 1. The molecular formula is C6H3BrF4N2O. The molecule has 0 aliphatic rings. The molecule has 1 heterocycles. The van der Waals surface area contributed by atoms with Gasteiger partial charge in [-0.15, -0.1) is 13.2 Å². The summed E-state index contributed by atoms with van der Waals surface area (Å²) < 4.78 is 51.3. The lowest BCUT2D eigenvalue weighted by atomic mass is 10.4. The van der Waals surface area contributed by atoms with Gasteiger partial charge in [-0.3, -0.25) is 0 Å². The zero-order valence-electron chi connectivity index (χ0n) is 6.40. The van der Waals surface area contributed by atoms with Crippen LogP contribution in [-0.4, -0.2) is 11.3 Å². The first-order chi connectivity index (χ1) is 6.31. The summed E-state index contributed by atoms with van der Waals surface area (Å²) in [6.45, 7) is 0. The third-order valence-corrected chi connectivity index (χ3v) is 1.83. The number of pyridine rings is 1. The average molecular weight is 275 g/mol. The normalized spacial score (nSPS) is 11.5. The van der Waals surface area contributed by atoms with Gasteiger partial charge in [0.1, 0.15) is 10.3 Å². The molecule has 3 nitrogen and oxygen atoms in total. The Morgan fingerprint density at radius 3 is 2.50 bits per heavy atom. The van der Waals surface area contributed by atoms with Crippen LogP contribution in [-0.2, 0) is 0 Å². The first kappa shape index (κ1) is 11.0. The fourth-order valence-corrected chi connectivity index (χ4v) is 0.937. The van der Waals surface area contributed by atoms with Crippen LogP contribution in [0.3, 0.4) is 0 Å². The Hall–Kier alpha value is -1.05. The average Bonchev–Trinajstić information content (AvgIpc) is 2.04. The highest BCUT2D eigenvalue weighted by Gasteiger charge is 2.33. The summed E-state index contributed by atoms with van der Waals surface area (Å²) in [4.78, 5) is 3.35. The molecule has 8 heteroatoms. The van der Waals surface area contributed by atoms with E-state index in [4.69, 9.17) is 5.73 Å². The zero-order chi connectivity index (χ0) is 10.9. The molecule has 0 saturated heterocycles. The summed E-state index contributed by atoms with van der Waals surface area (Å²) >= 11 is 2.75. The second-order valence-electron chi connectivity index (χ2n) is 2.19. The van der Waals surface area contributed by atoms with E-state index in [1.54, 1.807) is 0 Å². The molecule has 78 valence electrons. The summed E-state index contributed by atoms with van der Waals surface area (Å²) in [5.41, 5.74) is 4.53. The second kappa shape index (κ2) is 3.60. The van der Waals surface area contributed by atoms with Crippen molar-refractivity contribution in [1.29, 1.82) is 0 Å². The maximum Gasteiger partial charge on any atom is 0.573 e. The molecule has 0 amide bonds. The predicted molar refractivity (Wildman–Crippen MR) is 43.0 cm³/mol. The van der Waals surface area contributed by atoms with E-state index >= 15 is 0 Å². The monoisotopic (exact) mass is 274 g/mol. The van der Waals surface area contributed by atoms with Gasteiger partial charge in [-0.2, -0.15) is 0 Å². The molecule has 0 bridgehead atoms. The Kier molecular flexibility index (Phi) is 2.84. The number of anilines is 1. The number of aromatic nitrogens is 1. The zero-order valence-corrected chi connectivity index (χ0v) is 7.99. The Labute approximate surface area is 84.0 Å². The van der Waals surface area contributed by atoms with E-state index in [1.807, 2.05) is 0 Å². The van der Waals surface area contributed by atoms with Crippen molar-refractivity contribution < 1.29 is 22.3 Å². The van der Waals surface area contributed by atoms with Crippen molar-refractivity contribution in [3.63, 3.8) is 0 Å². The van der Waals surface area contributed by atoms with E-state index in [-0.39, 0.29) is 4.60 Å². The highest BCUT2D eigenvalue weighted by Crippen LogP contribution is 2.30. The molecule has 2 N–H and O–H groups in total. The van der Waals surface area contributed by atoms with Gasteiger partial charge < -0.3 is 10.5 Å². The van der Waals surface area contributed by atoms with Gasteiger partial charge in [-0.1, -0.05) is 0 Å². The Bertz CT molecular complexity index is 354. The Morgan fingerprint density at radius 1 is 1.43 bits per heavy atom. The Balaban J connectivity index is 3.06. The molecule has 14 heavy (non-hydrogen) atoms. The standard InChI is InChI=1S/C6H3BrF4N2O/c7-5-4(12)3(8)2(1-13-5)14-6(9,10)11/h1H,12H2. The molecule has 0 saturated carbocycles. The number of hydrogen-bond acceptors (Lipinski definition) is 3. The van der Waals surface area contributed by atoms with E-state index < -0.39 is 23.6 Å². The smallest absolute Gasteiger partial charge is 0.401 e. The van der Waals surface area contributed by atoms with Crippen molar-refractivity contribution in [1.82, 2.24) is 4.98 Å². The molecule has 0 aliphatic carbocycles. The molecular weight excluding hydrogens is 272 g/mol. The van der Waals surface area contributed by atoms with Crippen molar-refractivity contribution >= 4 is 21.6 Å². The van der Waals surface area contributed by atoms with E-state index in [1.165, 1.54) is 0 Å². The number of nitrogens with two attached hydrogens (primary N) is 1. The Morgan fingerprint density at radius 2 is 2.00 bits per heavy atom. The number of ether oxygens (including phenoxy) is 1. The van der Waals surface area contributed by atoms with Crippen LogP contribution in [0.5, 0.6) is 5.75 Å². The van der Waals surface area contributed by atoms with Crippen LogP contribution < -0.4 is 10.5 Å². The van der Waals surface area contributed by atoms with E-state index in [0.29, 0.717) is 6.20 Å². The van der Waals surface area contributed by atoms with Gasteiger partial charge in [0.2, 0.25) is 0 Å². The number of nitrogen functional groups attached to an aromatic ring is 1. The van der Waals surface area contributed by atoms with Gasteiger partial charge in [0.25, 0.3) is 0 Å². The minimum atomic E-state index is -4.97. The molecule has 1 rings (SSSR count). The number of alkyl halides is 3. The summed E-state index contributed by atoms with van der Waals surface area (Å²) in [5.74, 6) is -2.36. The minimum Gasteiger partial charge on any atom is -0.401 e. The maximum atomic E-state index is 13.0. The van der Waals surface area contributed by atoms with Crippen LogP contribution in [0.4, 0.5) is 23.2 Å². The van der Waals surface area contributed by atoms with Gasteiger partial charge in [-0.25, -0.2) is 9.37 Å². The fraction of sp³-hybridized carbons (Fsp3) is 0.167. The highest BCUT2D eigenvalue weighted by atomic mass is 79.9. The topological polar surface area (TPSA) is 48.1 Å². The van der Waals surface area contributed by atoms with Gasteiger partial charge in [0.05, 0.1) is 6.20 Å². The molecule has 0 aromatic carbocycles. The lowest BCUT2D eigenvalue weighted by Crippen LogP contribution is -2.18. The van der Waals surface area contributed by atoms with Crippen LogP contribution in [0, 0.1) is 5.82 Å². The van der Waals surface area contributed by atoms with Crippen LogP contribution in [0.15, 0.2) is 10.8 Å². The molecule has 1 aromatic rings.